The van der Waals surface area contributed by atoms with E-state index in [0.29, 0.717) is 24.1 Å². The first kappa shape index (κ1) is 15.8. The van der Waals surface area contributed by atoms with E-state index in [1.54, 1.807) is 11.6 Å². The normalized spacial score (nSPS) is 10.8. The van der Waals surface area contributed by atoms with E-state index >= 15 is 0 Å². The van der Waals surface area contributed by atoms with Crippen LogP contribution >= 0.6 is 0 Å². The molecular formula is C18H17N7O. The summed E-state index contributed by atoms with van der Waals surface area (Å²) >= 11 is 0. The molecule has 26 heavy (non-hydrogen) atoms. The third-order valence-electron chi connectivity index (χ3n) is 3.87. The Balaban J connectivity index is 1.64. The van der Waals surface area contributed by atoms with Gasteiger partial charge in [0.15, 0.2) is 5.82 Å². The lowest BCUT2D eigenvalue weighted by Gasteiger charge is -2.08. The van der Waals surface area contributed by atoms with Crippen molar-refractivity contribution >= 4 is 17.7 Å². The van der Waals surface area contributed by atoms with Gasteiger partial charge in [-0.2, -0.15) is 19.5 Å². The van der Waals surface area contributed by atoms with Crippen LogP contribution in [0.5, 0.6) is 5.75 Å². The quantitative estimate of drug-likeness (QED) is 0.571. The number of nitrogens with zero attached hydrogens (tertiary/aromatic N) is 5. The molecule has 4 aromatic rings. The molecule has 2 heterocycles. The fourth-order valence-electron chi connectivity index (χ4n) is 2.55. The number of ether oxygens (including phenoxy) is 1. The van der Waals surface area contributed by atoms with E-state index in [1.165, 1.54) is 0 Å². The maximum atomic E-state index is 5.82. The van der Waals surface area contributed by atoms with Crippen LogP contribution in [0.4, 0.5) is 11.9 Å². The van der Waals surface area contributed by atoms with Crippen LogP contribution in [0, 0.1) is 0 Å². The number of anilines is 2. The predicted molar refractivity (Wildman–Crippen MR) is 98.7 cm³/mol. The van der Waals surface area contributed by atoms with Crippen LogP contribution in [-0.2, 0) is 6.54 Å². The van der Waals surface area contributed by atoms with Crippen LogP contribution in [-0.4, -0.2) is 31.7 Å². The van der Waals surface area contributed by atoms with E-state index in [4.69, 9.17) is 10.5 Å². The van der Waals surface area contributed by atoms with E-state index in [0.717, 1.165) is 16.9 Å². The first-order valence-electron chi connectivity index (χ1n) is 8.05. The Hall–Kier alpha value is -3.68. The SMILES string of the molecule is COc1ccc(CNc2nc(N)nc3nc(-c4ccccc4)nn23)cc1. The van der Waals surface area contributed by atoms with Crippen molar-refractivity contribution in [1.82, 2.24) is 24.6 Å². The molecule has 2 aromatic heterocycles. The Morgan fingerprint density at radius 2 is 1.77 bits per heavy atom. The van der Waals surface area contributed by atoms with E-state index < -0.39 is 0 Å². The summed E-state index contributed by atoms with van der Waals surface area (Å²) in [5.74, 6) is 2.40. The number of nitrogens with one attached hydrogen (secondary N) is 1. The second kappa shape index (κ2) is 6.67. The smallest absolute Gasteiger partial charge is 0.259 e. The Labute approximate surface area is 149 Å². The molecule has 0 saturated carbocycles. The molecule has 3 N–H and O–H groups in total. The minimum Gasteiger partial charge on any atom is -0.497 e. The molecule has 130 valence electrons. The summed E-state index contributed by atoms with van der Waals surface area (Å²) in [7, 11) is 1.64. The van der Waals surface area contributed by atoms with Gasteiger partial charge in [0.1, 0.15) is 5.75 Å². The molecule has 8 nitrogen and oxygen atoms in total. The lowest BCUT2D eigenvalue weighted by molar-refractivity contribution is 0.414. The molecule has 0 spiro atoms. The third kappa shape index (κ3) is 3.12. The number of nitrogen functional groups attached to an aromatic ring is 1. The molecule has 0 unspecified atom stereocenters. The molecule has 4 rings (SSSR count). The average molecular weight is 347 g/mol. The summed E-state index contributed by atoms with van der Waals surface area (Å²) in [6.45, 7) is 0.552. The molecule has 0 atom stereocenters. The minimum atomic E-state index is 0.141. The van der Waals surface area contributed by atoms with Crippen LogP contribution < -0.4 is 15.8 Å². The fraction of sp³-hybridized carbons (Fsp3) is 0.111. The number of methoxy groups -OCH3 is 1. The standard InChI is InChI=1S/C18H17N7O/c1-26-14-9-7-12(8-10-14)11-20-17-22-16(19)23-18-21-15(24-25(17)18)13-5-3-2-4-6-13/h2-10H,11H2,1H3,(H3,19,20,21,22,23,24). The molecule has 0 aliphatic carbocycles. The second-order valence-corrected chi connectivity index (χ2v) is 5.62. The zero-order chi connectivity index (χ0) is 17.9. The van der Waals surface area contributed by atoms with Crippen molar-refractivity contribution in [2.24, 2.45) is 0 Å². The maximum Gasteiger partial charge on any atom is 0.259 e. The number of hydrogen-bond donors (Lipinski definition) is 2. The van der Waals surface area contributed by atoms with Crippen molar-refractivity contribution < 1.29 is 4.74 Å². The fourth-order valence-corrected chi connectivity index (χ4v) is 2.55. The monoisotopic (exact) mass is 347 g/mol. The topological polar surface area (TPSA) is 103 Å². The first-order chi connectivity index (χ1) is 12.7. The first-order valence-corrected chi connectivity index (χ1v) is 8.05. The average Bonchev–Trinajstić information content (AvgIpc) is 3.11. The van der Waals surface area contributed by atoms with Gasteiger partial charge in [0.25, 0.3) is 5.78 Å². The largest absolute Gasteiger partial charge is 0.497 e. The number of fused-ring (bicyclic) bond motifs is 1. The van der Waals surface area contributed by atoms with Gasteiger partial charge in [-0.3, -0.25) is 0 Å². The van der Waals surface area contributed by atoms with Gasteiger partial charge < -0.3 is 15.8 Å². The number of rotatable bonds is 5. The van der Waals surface area contributed by atoms with Crippen molar-refractivity contribution in [3.05, 3.63) is 60.2 Å². The highest BCUT2D eigenvalue weighted by Crippen LogP contribution is 2.18. The summed E-state index contributed by atoms with van der Waals surface area (Å²) in [6.07, 6.45) is 0. The summed E-state index contributed by atoms with van der Waals surface area (Å²) in [4.78, 5) is 12.9. The number of benzene rings is 2. The highest BCUT2D eigenvalue weighted by atomic mass is 16.5. The van der Waals surface area contributed by atoms with Gasteiger partial charge >= 0.3 is 0 Å². The van der Waals surface area contributed by atoms with Gasteiger partial charge in [0.2, 0.25) is 11.9 Å². The second-order valence-electron chi connectivity index (χ2n) is 5.62. The molecular weight excluding hydrogens is 330 g/mol. The van der Waals surface area contributed by atoms with Gasteiger partial charge in [-0.1, -0.05) is 42.5 Å². The number of nitrogens with two attached hydrogens (primary N) is 1. The lowest BCUT2D eigenvalue weighted by atomic mass is 10.2. The van der Waals surface area contributed by atoms with Crippen LogP contribution in [0.25, 0.3) is 17.2 Å². The van der Waals surface area contributed by atoms with Gasteiger partial charge in [-0.25, -0.2) is 0 Å². The Morgan fingerprint density at radius 3 is 2.50 bits per heavy atom. The summed E-state index contributed by atoms with van der Waals surface area (Å²) < 4.78 is 6.73. The van der Waals surface area contributed by atoms with E-state index in [1.807, 2.05) is 54.6 Å². The van der Waals surface area contributed by atoms with Crippen LogP contribution in [0.15, 0.2) is 54.6 Å². The van der Waals surface area contributed by atoms with E-state index in [2.05, 4.69) is 25.4 Å². The molecule has 0 radical (unpaired) electrons. The molecule has 8 heteroatoms. The van der Waals surface area contributed by atoms with E-state index in [9.17, 15) is 0 Å². The molecule has 0 bridgehead atoms. The molecule has 2 aromatic carbocycles. The van der Waals surface area contributed by atoms with Gasteiger partial charge in [0.05, 0.1) is 7.11 Å². The summed E-state index contributed by atoms with van der Waals surface area (Å²) in [5.41, 5.74) is 7.79. The lowest BCUT2D eigenvalue weighted by Crippen LogP contribution is -2.10. The third-order valence-corrected chi connectivity index (χ3v) is 3.87. The Kier molecular flexibility index (Phi) is 4.06. The van der Waals surface area contributed by atoms with Crippen LogP contribution in [0.1, 0.15) is 5.56 Å². The van der Waals surface area contributed by atoms with Crippen molar-refractivity contribution in [1.29, 1.82) is 0 Å². The van der Waals surface area contributed by atoms with Gasteiger partial charge in [0, 0.05) is 12.1 Å². The number of aromatic nitrogens is 5. The maximum absolute atomic E-state index is 5.82. The van der Waals surface area contributed by atoms with Crippen LogP contribution in [0.3, 0.4) is 0 Å². The zero-order valence-corrected chi connectivity index (χ0v) is 14.1. The zero-order valence-electron chi connectivity index (χ0n) is 14.1. The van der Waals surface area contributed by atoms with Crippen molar-refractivity contribution in [3.63, 3.8) is 0 Å². The Morgan fingerprint density at radius 1 is 1.00 bits per heavy atom. The molecule has 0 amide bonds. The minimum absolute atomic E-state index is 0.141. The molecule has 0 fully saturated rings. The summed E-state index contributed by atoms with van der Waals surface area (Å²) in [6, 6.07) is 17.5. The van der Waals surface area contributed by atoms with Crippen molar-refractivity contribution in [3.8, 4) is 17.1 Å². The van der Waals surface area contributed by atoms with Crippen molar-refractivity contribution in [2.75, 3.05) is 18.2 Å². The predicted octanol–water partition coefficient (Wildman–Crippen LogP) is 2.39. The van der Waals surface area contributed by atoms with Gasteiger partial charge in [-0.15, -0.1) is 5.10 Å². The molecule has 0 saturated heterocycles. The molecule has 0 aliphatic rings. The van der Waals surface area contributed by atoms with Gasteiger partial charge in [-0.05, 0) is 17.7 Å². The molecule has 0 aliphatic heterocycles. The highest BCUT2D eigenvalue weighted by molar-refractivity contribution is 5.58. The highest BCUT2D eigenvalue weighted by Gasteiger charge is 2.12. The number of hydrogen-bond acceptors (Lipinski definition) is 7. The van der Waals surface area contributed by atoms with E-state index in [-0.39, 0.29) is 5.95 Å². The Bertz CT molecular complexity index is 1030. The van der Waals surface area contributed by atoms with Crippen molar-refractivity contribution in [2.45, 2.75) is 6.54 Å². The summed E-state index contributed by atoms with van der Waals surface area (Å²) in [5, 5.41) is 7.74. The van der Waals surface area contributed by atoms with Crippen LogP contribution in [0.2, 0.25) is 0 Å².